The highest BCUT2D eigenvalue weighted by molar-refractivity contribution is 5.85. The molecule has 16 heavy (non-hydrogen) atoms. The zero-order valence-electron chi connectivity index (χ0n) is 9.74. The molecule has 1 aliphatic heterocycles. The second kappa shape index (κ2) is 6.89. The van der Waals surface area contributed by atoms with Crippen LogP contribution in [0.4, 0.5) is 0 Å². The van der Waals surface area contributed by atoms with E-state index in [1.54, 1.807) is 7.11 Å². The number of nitrogens with one attached hydrogen (secondary N) is 1. The van der Waals surface area contributed by atoms with Gasteiger partial charge in [-0.05, 0) is 43.0 Å². The predicted octanol–water partition coefficient (Wildman–Crippen LogP) is 2.72. The second-order valence-electron chi connectivity index (χ2n) is 4.20. The van der Waals surface area contributed by atoms with E-state index in [0.29, 0.717) is 6.61 Å². The average Bonchev–Trinajstić information content (AvgIpc) is 2.32. The minimum atomic E-state index is 0. The van der Waals surface area contributed by atoms with Gasteiger partial charge in [-0.3, -0.25) is 0 Å². The molecule has 0 aromatic heterocycles. The number of piperidine rings is 1. The summed E-state index contributed by atoms with van der Waals surface area (Å²) >= 11 is 0. The van der Waals surface area contributed by atoms with E-state index in [9.17, 15) is 0 Å². The molecule has 1 aromatic rings. The Balaban J connectivity index is 0.00000128. The highest BCUT2D eigenvalue weighted by Crippen LogP contribution is 2.25. The zero-order valence-corrected chi connectivity index (χ0v) is 10.6. The molecule has 2 rings (SSSR count). The fourth-order valence-electron chi connectivity index (χ4n) is 2.21. The van der Waals surface area contributed by atoms with Gasteiger partial charge in [-0.1, -0.05) is 24.3 Å². The van der Waals surface area contributed by atoms with Crippen LogP contribution in [0.1, 0.15) is 29.9 Å². The van der Waals surface area contributed by atoms with E-state index in [4.69, 9.17) is 4.74 Å². The Hall–Kier alpha value is -0.570. The van der Waals surface area contributed by atoms with Gasteiger partial charge in [0.15, 0.2) is 0 Å². The van der Waals surface area contributed by atoms with Gasteiger partial charge in [0.1, 0.15) is 0 Å². The maximum Gasteiger partial charge on any atom is 0.0713 e. The first-order chi connectivity index (χ1) is 7.40. The van der Waals surface area contributed by atoms with Crippen LogP contribution in [-0.4, -0.2) is 20.2 Å². The average molecular weight is 242 g/mol. The molecule has 1 saturated heterocycles. The van der Waals surface area contributed by atoms with E-state index in [1.165, 1.54) is 24.0 Å². The maximum atomic E-state index is 5.10. The van der Waals surface area contributed by atoms with E-state index in [2.05, 4.69) is 29.6 Å². The lowest BCUT2D eigenvalue weighted by Crippen LogP contribution is -2.26. The first-order valence-electron chi connectivity index (χ1n) is 5.68. The van der Waals surface area contributed by atoms with Crippen LogP contribution in [0.5, 0.6) is 0 Å². The topological polar surface area (TPSA) is 21.3 Å². The first-order valence-corrected chi connectivity index (χ1v) is 5.68. The molecular weight excluding hydrogens is 222 g/mol. The molecule has 3 heteroatoms. The van der Waals surface area contributed by atoms with E-state index in [1.807, 2.05) is 0 Å². The van der Waals surface area contributed by atoms with Gasteiger partial charge in [-0.15, -0.1) is 12.4 Å². The second-order valence-corrected chi connectivity index (χ2v) is 4.20. The highest BCUT2D eigenvalue weighted by atomic mass is 35.5. The lowest BCUT2D eigenvalue weighted by atomic mass is 9.90. The van der Waals surface area contributed by atoms with Crippen molar-refractivity contribution in [2.75, 3.05) is 20.2 Å². The fraction of sp³-hybridized carbons (Fsp3) is 0.538. The van der Waals surface area contributed by atoms with Crippen molar-refractivity contribution in [2.24, 2.45) is 0 Å². The first kappa shape index (κ1) is 13.5. The van der Waals surface area contributed by atoms with E-state index >= 15 is 0 Å². The molecule has 1 heterocycles. The minimum absolute atomic E-state index is 0. The maximum absolute atomic E-state index is 5.10. The minimum Gasteiger partial charge on any atom is -0.380 e. The Morgan fingerprint density at radius 3 is 2.38 bits per heavy atom. The van der Waals surface area contributed by atoms with Gasteiger partial charge in [-0.2, -0.15) is 0 Å². The number of benzene rings is 1. The fourth-order valence-corrected chi connectivity index (χ4v) is 2.21. The van der Waals surface area contributed by atoms with Crippen molar-refractivity contribution < 1.29 is 4.74 Å². The van der Waals surface area contributed by atoms with Crippen LogP contribution in [0, 0.1) is 0 Å². The summed E-state index contributed by atoms with van der Waals surface area (Å²) in [7, 11) is 1.74. The molecular formula is C13H20ClNO. The van der Waals surface area contributed by atoms with Crippen LogP contribution in [0.2, 0.25) is 0 Å². The third-order valence-corrected chi connectivity index (χ3v) is 3.10. The Labute approximate surface area is 104 Å². The molecule has 1 N–H and O–H groups in total. The summed E-state index contributed by atoms with van der Waals surface area (Å²) in [6.45, 7) is 3.03. The molecule has 90 valence electrons. The predicted molar refractivity (Wildman–Crippen MR) is 69.2 cm³/mol. The van der Waals surface area contributed by atoms with Gasteiger partial charge in [0.05, 0.1) is 6.61 Å². The van der Waals surface area contributed by atoms with Crippen LogP contribution in [0.25, 0.3) is 0 Å². The lowest BCUT2D eigenvalue weighted by Gasteiger charge is -2.23. The van der Waals surface area contributed by atoms with Gasteiger partial charge in [0.25, 0.3) is 0 Å². The number of methoxy groups -OCH3 is 1. The summed E-state index contributed by atoms with van der Waals surface area (Å²) in [5.41, 5.74) is 2.74. The van der Waals surface area contributed by atoms with Crippen LogP contribution in [-0.2, 0) is 11.3 Å². The number of hydrogen-bond acceptors (Lipinski definition) is 2. The van der Waals surface area contributed by atoms with Crippen molar-refractivity contribution in [3.8, 4) is 0 Å². The quantitative estimate of drug-likeness (QED) is 0.879. The summed E-state index contributed by atoms with van der Waals surface area (Å²) in [6.07, 6.45) is 2.53. The van der Waals surface area contributed by atoms with Crippen molar-refractivity contribution in [3.05, 3.63) is 35.4 Å². The van der Waals surface area contributed by atoms with E-state index in [0.717, 1.165) is 19.0 Å². The molecule has 0 radical (unpaired) electrons. The van der Waals surface area contributed by atoms with Crippen LogP contribution in [0.15, 0.2) is 24.3 Å². The standard InChI is InChI=1S/C13H19NO.ClH/c1-15-10-11-2-4-12(5-3-11)13-6-8-14-9-7-13;/h2-5,13-14H,6-10H2,1H3;1H. The van der Waals surface area contributed by atoms with Crippen molar-refractivity contribution in [2.45, 2.75) is 25.4 Å². The SMILES string of the molecule is COCc1ccc(C2CCNCC2)cc1.Cl. The van der Waals surface area contributed by atoms with Crippen LogP contribution < -0.4 is 5.32 Å². The summed E-state index contributed by atoms with van der Waals surface area (Å²) in [5.74, 6) is 0.753. The summed E-state index contributed by atoms with van der Waals surface area (Å²) in [4.78, 5) is 0. The molecule has 1 aliphatic rings. The zero-order chi connectivity index (χ0) is 10.5. The molecule has 2 nitrogen and oxygen atoms in total. The van der Waals surface area contributed by atoms with Gasteiger partial charge in [0.2, 0.25) is 0 Å². The van der Waals surface area contributed by atoms with Gasteiger partial charge in [-0.25, -0.2) is 0 Å². The van der Waals surface area contributed by atoms with Crippen LogP contribution in [0.3, 0.4) is 0 Å². The number of rotatable bonds is 3. The van der Waals surface area contributed by atoms with Gasteiger partial charge in [0, 0.05) is 7.11 Å². The Bertz CT molecular complexity index is 293. The number of halogens is 1. The Morgan fingerprint density at radius 1 is 1.19 bits per heavy atom. The van der Waals surface area contributed by atoms with Crippen LogP contribution >= 0.6 is 12.4 Å². The highest BCUT2D eigenvalue weighted by Gasteiger charge is 2.14. The molecule has 0 unspecified atom stereocenters. The smallest absolute Gasteiger partial charge is 0.0713 e. The Morgan fingerprint density at radius 2 is 1.81 bits per heavy atom. The van der Waals surface area contributed by atoms with Gasteiger partial charge < -0.3 is 10.1 Å². The summed E-state index contributed by atoms with van der Waals surface area (Å²) in [5, 5.41) is 3.40. The number of hydrogen-bond donors (Lipinski definition) is 1. The third kappa shape index (κ3) is 3.48. The van der Waals surface area contributed by atoms with Crippen molar-refractivity contribution in [1.82, 2.24) is 5.32 Å². The largest absolute Gasteiger partial charge is 0.380 e. The molecule has 0 atom stereocenters. The molecule has 1 aromatic carbocycles. The van der Waals surface area contributed by atoms with E-state index in [-0.39, 0.29) is 12.4 Å². The normalized spacial score (nSPS) is 16.8. The summed E-state index contributed by atoms with van der Waals surface area (Å²) in [6, 6.07) is 8.87. The molecule has 0 spiro atoms. The Kier molecular flexibility index (Phi) is 5.81. The van der Waals surface area contributed by atoms with Crippen molar-refractivity contribution in [3.63, 3.8) is 0 Å². The number of ether oxygens (including phenoxy) is 1. The molecule has 1 fully saturated rings. The van der Waals surface area contributed by atoms with Crippen molar-refractivity contribution in [1.29, 1.82) is 0 Å². The molecule has 0 amide bonds. The summed E-state index contributed by atoms with van der Waals surface area (Å²) < 4.78 is 5.10. The van der Waals surface area contributed by atoms with E-state index < -0.39 is 0 Å². The molecule has 0 saturated carbocycles. The van der Waals surface area contributed by atoms with Crippen molar-refractivity contribution >= 4 is 12.4 Å². The third-order valence-electron chi connectivity index (χ3n) is 3.10. The molecule has 0 aliphatic carbocycles. The monoisotopic (exact) mass is 241 g/mol. The molecule has 0 bridgehead atoms. The lowest BCUT2D eigenvalue weighted by molar-refractivity contribution is 0.185. The van der Waals surface area contributed by atoms with Gasteiger partial charge >= 0.3 is 0 Å².